The summed E-state index contributed by atoms with van der Waals surface area (Å²) in [5.41, 5.74) is 5.41. The molecule has 2 aromatic carbocycles. The summed E-state index contributed by atoms with van der Waals surface area (Å²) >= 11 is 0. The summed E-state index contributed by atoms with van der Waals surface area (Å²) in [6.45, 7) is 0.545. The molecular formula is C35H42N4O5S. The second-order valence-electron chi connectivity index (χ2n) is 14.2. The van der Waals surface area contributed by atoms with Gasteiger partial charge in [-0.3, -0.25) is 9.59 Å². The number of rotatable bonds is 6. The molecule has 9 nitrogen and oxygen atoms in total. The van der Waals surface area contributed by atoms with E-state index in [1.165, 1.54) is 44.5 Å². The van der Waals surface area contributed by atoms with Crippen LogP contribution in [0.2, 0.25) is 0 Å². The topological polar surface area (TPSA) is 101 Å². The van der Waals surface area contributed by atoms with Crippen molar-refractivity contribution in [2.45, 2.75) is 94.7 Å². The number of hydrogen-bond donors (Lipinski definition) is 1. The lowest BCUT2D eigenvalue weighted by atomic mass is 9.81. The van der Waals surface area contributed by atoms with Gasteiger partial charge in [0.05, 0.1) is 18.2 Å². The Bertz CT molecular complexity index is 1820. The van der Waals surface area contributed by atoms with Crippen LogP contribution in [0.4, 0.5) is 0 Å². The van der Waals surface area contributed by atoms with Crippen LogP contribution in [0.5, 0.6) is 5.75 Å². The molecule has 8 rings (SSSR count). The third-order valence-corrected chi connectivity index (χ3v) is 13.0. The van der Waals surface area contributed by atoms with Crippen LogP contribution >= 0.6 is 0 Å². The second kappa shape index (κ2) is 10.3. The van der Waals surface area contributed by atoms with E-state index in [1.54, 1.807) is 13.2 Å². The Morgan fingerprint density at radius 3 is 2.33 bits per heavy atom. The van der Waals surface area contributed by atoms with Crippen LogP contribution in [0.25, 0.3) is 22.2 Å². The minimum Gasteiger partial charge on any atom is -0.497 e. The van der Waals surface area contributed by atoms with Crippen molar-refractivity contribution in [1.29, 1.82) is 0 Å². The van der Waals surface area contributed by atoms with Gasteiger partial charge >= 0.3 is 10.2 Å². The molecule has 2 saturated carbocycles. The smallest absolute Gasteiger partial charge is 0.303 e. The maximum Gasteiger partial charge on any atom is 0.303 e. The minimum absolute atomic E-state index is 0.0981. The van der Waals surface area contributed by atoms with Crippen molar-refractivity contribution >= 4 is 32.9 Å². The molecule has 238 valence electrons. The van der Waals surface area contributed by atoms with Crippen LogP contribution in [0.15, 0.2) is 36.4 Å². The van der Waals surface area contributed by atoms with E-state index in [-0.39, 0.29) is 17.4 Å². The highest BCUT2D eigenvalue weighted by molar-refractivity contribution is 7.87. The van der Waals surface area contributed by atoms with Crippen LogP contribution in [-0.4, -0.2) is 67.3 Å². The molecule has 4 heterocycles. The summed E-state index contributed by atoms with van der Waals surface area (Å²) in [5.74, 6) is 0.889. The van der Waals surface area contributed by atoms with Crippen LogP contribution in [0.3, 0.4) is 0 Å². The molecule has 4 fully saturated rings. The molecule has 5 aliphatic rings. The van der Waals surface area contributed by atoms with Crippen molar-refractivity contribution in [3.05, 3.63) is 53.1 Å². The molecule has 45 heavy (non-hydrogen) atoms. The van der Waals surface area contributed by atoms with Crippen LogP contribution in [0.1, 0.15) is 97.5 Å². The summed E-state index contributed by atoms with van der Waals surface area (Å²) in [4.78, 5) is 30.3. The fraction of sp³-hybridized carbons (Fsp3) is 0.543. The highest BCUT2D eigenvalue weighted by Gasteiger charge is 2.65. The van der Waals surface area contributed by atoms with Crippen LogP contribution < -0.4 is 9.46 Å². The molecule has 1 N–H and O–H groups in total. The number of hydrogen-bond acceptors (Lipinski definition) is 5. The highest BCUT2D eigenvalue weighted by atomic mass is 32.2. The van der Waals surface area contributed by atoms with Gasteiger partial charge in [-0.05, 0) is 92.3 Å². The Hall–Kier alpha value is -3.37. The fourth-order valence-electron chi connectivity index (χ4n) is 9.19. The van der Waals surface area contributed by atoms with E-state index in [0.717, 1.165) is 77.2 Å². The number of amides is 2. The van der Waals surface area contributed by atoms with E-state index in [1.807, 2.05) is 18.2 Å². The van der Waals surface area contributed by atoms with Crippen molar-refractivity contribution in [2.75, 3.05) is 21.2 Å². The Morgan fingerprint density at radius 1 is 0.956 bits per heavy atom. The van der Waals surface area contributed by atoms with E-state index in [4.69, 9.17) is 4.74 Å². The van der Waals surface area contributed by atoms with Crippen LogP contribution in [-0.2, 0) is 21.5 Å². The predicted octanol–water partition coefficient (Wildman–Crippen LogP) is 5.54. The molecule has 3 aliphatic heterocycles. The number of nitrogens with zero attached hydrogens (tertiary/aromatic N) is 3. The standard InChI is InChI=1S/C35H42N4O5S/c1-37(2)45(42,43)36-33(40)22-9-15-27-30(17-22)38-20-35(34(41)39-23-10-11-24(39)13-12-23)19-29(35)28-18-25(44-3)14-16-26(28)32(38)31(27)21-7-5-4-6-8-21/h9,14-18,21,23-24,29H,4-8,10-13,19-20H2,1-3H3,(H,36,40). The first-order valence-corrected chi connectivity index (χ1v) is 18.0. The molecule has 10 heteroatoms. The van der Waals surface area contributed by atoms with E-state index in [2.05, 4.69) is 26.3 Å². The zero-order valence-electron chi connectivity index (χ0n) is 26.3. The third-order valence-electron chi connectivity index (χ3n) is 11.6. The van der Waals surface area contributed by atoms with Gasteiger partial charge in [-0.2, -0.15) is 12.7 Å². The molecule has 3 aromatic rings. The minimum atomic E-state index is -3.95. The van der Waals surface area contributed by atoms with Gasteiger partial charge in [-0.15, -0.1) is 0 Å². The zero-order valence-corrected chi connectivity index (χ0v) is 27.2. The summed E-state index contributed by atoms with van der Waals surface area (Å²) in [6.07, 6.45) is 11.0. The van der Waals surface area contributed by atoms with Crippen molar-refractivity contribution in [3.63, 3.8) is 0 Å². The Balaban J connectivity index is 1.34. The molecule has 2 aliphatic carbocycles. The van der Waals surface area contributed by atoms with Crippen LogP contribution in [0, 0.1) is 5.41 Å². The lowest BCUT2D eigenvalue weighted by molar-refractivity contribution is -0.139. The van der Waals surface area contributed by atoms with Crippen molar-refractivity contribution in [2.24, 2.45) is 5.41 Å². The molecule has 2 atom stereocenters. The molecule has 1 aromatic heterocycles. The normalized spacial score (nSPS) is 27.2. The molecule has 2 bridgehead atoms. The summed E-state index contributed by atoms with van der Waals surface area (Å²) in [6, 6.07) is 12.6. The van der Waals surface area contributed by atoms with Crippen molar-refractivity contribution in [1.82, 2.24) is 18.5 Å². The Labute approximate surface area is 265 Å². The molecular weight excluding hydrogens is 588 g/mol. The van der Waals surface area contributed by atoms with Gasteiger partial charge in [0.2, 0.25) is 5.91 Å². The van der Waals surface area contributed by atoms with E-state index >= 15 is 0 Å². The van der Waals surface area contributed by atoms with E-state index < -0.39 is 21.5 Å². The number of methoxy groups -OCH3 is 1. The molecule has 0 spiro atoms. The van der Waals surface area contributed by atoms with Gasteiger partial charge in [0.15, 0.2) is 0 Å². The molecule has 2 unspecified atom stereocenters. The maximum absolute atomic E-state index is 14.7. The maximum atomic E-state index is 14.7. The number of aromatic nitrogens is 1. The average molecular weight is 631 g/mol. The lowest BCUT2D eigenvalue weighted by Crippen LogP contribution is -2.42. The monoisotopic (exact) mass is 630 g/mol. The second-order valence-corrected chi connectivity index (χ2v) is 16.1. The summed E-state index contributed by atoms with van der Waals surface area (Å²) < 4.78 is 36.3. The zero-order chi connectivity index (χ0) is 31.2. The number of carbonyl (C=O) groups is 2. The summed E-state index contributed by atoms with van der Waals surface area (Å²) in [7, 11) is 0.526. The van der Waals surface area contributed by atoms with Gasteiger partial charge in [0.1, 0.15) is 5.75 Å². The largest absolute Gasteiger partial charge is 0.497 e. The number of benzene rings is 2. The number of fused-ring (bicyclic) bond motifs is 9. The summed E-state index contributed by atoms with van der Waals surface area (Å²) in [5, 5.41) is 1.09. The fourth-order valence-corrected chi connectivity index (χ4v) is 9.73. The SMILES string of the molecule is COc1ccc2c(c1)C1CC1(C(=O)N1C3CCC1CC3)Cn1c-2c(C2CCCCC2)c2ccc(C(=O)NS(=O)(=O)N(C)C)cc21. The average Bonchev–Trinajstić information content (AvgIpc) is 3.29. The Kier molecular flexibility index (Phi) is 6.66. The van der Waals surface area contributed by atoms with Gasteiger partial charge in [-0.1, -0.05) is 25.3 Å². The third kappa shape index (κ3) is 4.38. The molecule has 2 saturated heterocycles. The molecule has 0 radical (unpaired) electrons. The van der Waals surface area contributed by atoms with E-state index in [0.29, 0.717) is 24.5 Å². The van der Waals surface area contributed by atoms with Gasteiger partial charge < -0.3 is 14.2 Å². The van der Waals surface area contributed by atoms with Gasteiger partial charge in [0.25, 0.3) is 5.91 Å². The molecule has 2 amide bonds. The van der Waals surface area contributed by atoms with E-state index in [9.17, 15) is 18.0 Å². The lowest BCUT2D eigenvalue weighted by Gasteiger charge is -2.29. The number of carbonyl (C=O) groups excluding carboxylic acids is 2. The van der Waals surface area contributed by atoms with Crippen molar-refractivity contribution < 1.29 is 22.7 Å². The number of ether oxygens (including phenoxy) is 1. The van der Waals surface area contributed by atoms with Gasteiger partial charge in [0, 0.05) is 60.7 Å². The van der Waals surface area contributed by atoms with Crippen molar-refractivity contribution in [3.8, 4) is 17.0 Å². The first-order chi connectivity index (χ1) is 21.6. The predicted molar refractivity (Wildman–Crippen MR) is 173 cm³/mol. The number of nitrogens with one attached hydrogen (secondary N) is 1. The van der Waals surface area contributed by atoms with Gasteiger partial charge in [-0.25, -0.2) is 4.72 Å². The Morgan fingerprint density at radius 2 is 1.67 bits per heavy atom. The first-order valence-electron chi connectivity index (χ1n) is 16.5. The first kappa shape index (κ1) is 29.1. The quantitative estimate of drug-likeness (QED) is 0.386. The highest BCUT2D eigenvalue weighted by Crippen LogP contribution is 2.67.